The normalized spacial score (nSPS) is 14.9. The molecule has 2 amide bonds. The Morgan fingerprint density at radius 1 is 0.839 bits per heavy atom. The molecular formula is C48H52F3N5O5S. The van der Waals surface area contributed by atoms with E-state index >= 15 is 0 Å². The molecular weight excluding hydrogens is 816 g/mol. The van der Waals surface area contributed by atoms with Crippen LogP contribution in [0.3, 0.4) is 0 Å². The van der Waals surface area contributed by atoms with Crippen molar-refractivity contribution < 1.29 is 37.4 Å². The fourth-order valence-electron chi connectivity index (χ4n) is 7.91. The number of ether oxygens (including phenoxy) is 1. The van der Waals surface area contributed by atoms with Crippen molar-refractivity contribution in [3.05, 3.63) is 131 Å². The topological polar surface area (TPSA) is 125 Å². The van der Waals surface area contributed by atoms with Crippen LogP contribution in [-0.2, 0) is 22.7 Å². The van der Waals surface area contributed by atoms with Gasteiger partial charge in [-0.05, 0) is 132 Å². The summed E-state index contributed by atoms with van der Waals surface area (Å²) in [5.41, 5.74) is 7.43. The van der Waals surface area contributed by atoms with Crippen LogP contribution in [0.1, 0.15) is 72.0 Å². The molecule has 1 aromatic heterocycles. The van der Waals surface area contributed by atoms with E-state index in [4.69, 9.17) is 14.6 Å². The fourth-order valence-corrected chi connectivity index (χ4v) is 8.38. The number of piperidine rings is 2. The maximum atomic E-state index is 13.9. The number of amides is 2. The van der Waals surface area contributed by atoms with Crippen LogP contribution in [0.25, 0.3) is 28.5 Å². The lowest BCUT2D eigenvalue weighted by Gasteiger charge is -2.32. The second-order valence-electron chi connectivity index (χ2n) is 15.7. The number of methoxy groups -OCH3 is 1. The van der Waals surface area contributed by atoms with Crippen molar-refractivity contribution in [3.8, 4) is 28.1 Å². The van der Waals surface area contributed by atoms with Gasteiger partial charge in [-0.15, -0.1) is 5.10 Å². The van der Waals surface area contributed by atoms with Gasteiger partial charge in [0.15, 0.2) is 0 Å². The highest BCUT2D eigenvalue weighted by atomic mass is 32.1. The number of alkyl halides is 3. The van der Waals surface area contributed by atoms with E-state index in [-0.39, 0.29) is 11.8 Å². The standard InChI is InChI=1S/C46H51N5O3S.C2HF3O2/c1-54-43-17-14-36(15-18-43)16-19-45(52)51(32-38-9-4-12-41(29-38)44-33-55-49-48-44)31-37-8-3-10-39(28-37)40-11-5-13-42(30-40)46(53)50-26-22-35(23-27-50)7-2-6-34-20-24-47-25-21-34;3-2(4,5)1(6)7/h3-5,8-19,28-30,33-35,47H,2,6-7,20-27,31-32H2,1H3;(H,6,7)/b19-16+;. The number of likely N-dealkylation sites (tertiary alicyclic amines) is 1. The minimum atomic E-state index is -5.08. The number of aromatic nitrogens is 2. The third-order valence-corrected chi connectivity index (χ3v) is 11.9. The highest BCUT2D eigenvalue weighted by Crippen LogP contribution is 2.29. The van der Waals surface area contributed by atoms with Crippen LogP contribution in [-0.4, -0.2) is 81.7 Å². The predicted molar refractivity (Wildman–Crippen MR) is 235 cm³/mol. The van der Waals surface area contributed by atoms with E-state index < -0.39 is 12.1 Å². The molecule has 10 nitrogen and oxygen atoms in total. The highest BCUT2D eigenvalue weighted by Gasteiger charge is 2.38. The lowest BCUT2D eigenvalue weighted by atomic mass is 9.87. The van der Waals surface area contributed by atoms with Crippen molar-refractivity contribution in [1.82, 2.24) is 24.7 Å². The Balaban J connectivity index is 0.000000845. The van der Waals surface area contributed by atoms with E-state index in [1.54, 1.807) is 13.2 Å². The summed E-state index contributed by atoms with van der Waals surface area (Å²) in [6.07, 6.45) is 7.17. The average Bonchev–Trinajstić information content (AvgIpc) is 3.84. The molecule has 7 rings (SSSR count). The van der Waals surface area contributed by atoms with Gasteiger partial charge < -0.3 is 25.0 Å². The maximum Gasteiger partial charge on any atom is 0.490 e. The van der Waals surface area contributed by atoms with Gasteiger partial charge in [0.2, 0.25) is 5.91 Å². The average molecular weight is 868 g/mol. The van der Waals surface area contributed by atoms with Gasteiger partial charge in [0.05, 0.1) is 7.11 Å². The number of benzene rings is 4. The van der Waals surface area contributed by atoms with Crippen molar-refractivity contribution in [2.24, 2.45) is 11.8 Å². The number of halogens is 3. The van der Waals surface area contributed by atoms with E-state index in [2.05, 4.69) is 45.2 Å². The lowest BCUT2D eigenvalue weighted by Crippen LogP contribution is -2.38. The van der Waals surface area contributed by atoms with E-state index in [1.165, 1.54) is 56.7 Å². The highest BCUT2D eigenvalue weighted by molar-refractivity contribution is 7.03. The molecule has 3 heterocycles. The molecule has 0 spiro atoms. The van der Waals surface area contributed by atoms with Gasteiger partial charge in [0, 0.05) is 48.8 Å². The van der Waals surface area contributed by atoms with Crippen LogP contribution < -0.4 is 10.1 Å². The molecule has 0 unspecified atom stereocenters. The number of hydrogen-bond acceptors (Lipinski definition) is 8. The van der Waals surface area contributed by atoms with E-state index in [0.29, 0.717) is 13.1 Å². The third kappa shape index (κ3) is 13.6. The summed E-state index contributed by atoms with van der Waals surface area (Å²) >= 11 is 1.32. The SMILES string of the molecule is COc1ccc(/C=C/C(=O)N(Cc2cccc(-c3cccc(C(=O)N4CCC(CCCC5CCNCC5)CC4)c3)c2)Cc2cccc(-c3csnn3)c2)cc1.O=C(O)C(F)(F)F. The van der Waals surface area contributed by atoms with Crippen molar-refractivity contribution in [3.63, 3.8) is 0 Å². The molecule has 0 bridgehead atoms. The number of carbonyl (C=O) groups is 3. The van der Waals surface area contributed by atoms with Crippen LogP contribution in [0, 0.1) is 11.8 Å². The van der Waals surface area contributed by atoms with Crippen LogP contribution in [0.15, 0.2) is 109 Å². The third-order valence-electron chi connectivity index (χ3n) is 11.4. The number of carboxylic acids is 1. The number of aliphatic carboxylic acids is 1. The molecule has 2 aliphatic rings. The Morgan fingerprint density at radius 2 is 1.42 bits per heavy atom. The van der Waals surface area contributed by atoms with Gasteiger partial charge in [-0.1, -0.05) is 84.4 Å². The molecule has 2 saturated heterocycles. The molecule has 0 aliphatic carbocycles. The smallest absolute Gasteiger partial charge is 0.490 e. The summed E-state index contributed by atoms with van der Waals surface area (Å²) in [4.78, 5) is 40.4. The summed E-state index contributed by atoms with van der Waals surface area (Å²) in [6.45, 7) is 4.83. The molecule has 62 heavy (non-hydrogen) atoms. The Hall–Kier alpha value is -5.86. The Bertz CT molecular complexity index is 2250. The molecule has 0 radical (unpaired) electrons. The number of nitrogens with zero attached hydrogens (tertiary/aromatic N) is 4. The van der Waals surface area contributed by atoms with Crippen LogP contribution >= 0.6 is 11.5 Å². The van der Waals surface area contributed by atoms with E-state index in [1.807, 2.05) is 88.0 Å². The minimum absolute atomic E-state index is 0.0971. The Morgan fingerprint density at radius 3 is 2.02 bits per heavy atom. The number of rotatable bonds is 14. The van der Waals surface area contributed by atoms with Gasteiger partial charge in [-0.3, -0.25) is 9.59 Å². The van der Waals surface area contributed by atoms with Gasteiger partial charge in [0.1, 0.15) is 11.4 Å². The van der Waals surface area contributed by atoms with Crippen molar-refractivity contribution >= 4 is 35.4 Å². The Kier molecular flexibility index (Phi) is 16.4. The summed E-state index contributed by atoms with van der Waals surface area (Å²) in [6, 6.07) is 32.0. The maximum absolute atomic E-state index is 13.9. The molecule has 0 saturated carbocycles. The molecule has 0 atom stereocenters. The van der Waals surface area contributed by atoms with Gasteiger partial charge in [-0.2, -0.15) is 13.2 Å². The van der Waals surface area contributed by atoms with Crippen LogP contribution in [0.4, 0.5) is 13.2 Å². The van der Waals surface area contributed by atoms with Crippen molar-refractivity contribution in [1.29, 1.82) is 0 Å². The van der Waals surface area contributed by atoms with Crippen LogP contribution in [0.5, 0.6) is 5.75 Å². The molecule has 2 fully saturated rings. The second kappa shape index (κ2) is 22.3. The minimum Gasteiger partial charge on any atom is -0.497 e. The molecule has 5 aromatic rings. The van der Waals surface area contributed by atoms with E-state index in [0.717, 1.165) is 88.2 Å². The number of hydrogen-bond donors (Lipinski definition) is 2. The van der Waals surface area contributed by atoms with Gasteiger partial charge in [-0.25, -0.2) is 4.79 Å². The molecule has 326 valence electrons. The summed E-state index contributed by atoms with van der Waals surface area (Å²) in [5, 5.41) is 16.8. The number of nitrogens with one attached hydrogen (secondary N) is 1. The first kappa shape index (κ1) is 45.7. The quantitative estimate of drug-likeness (QED) is 0.106. The summed E-state index contributed by atoms with van der Waals surface area (Å²) in [7, 11) is 1.64. The van der Waals surface area contributed by atoms with Crippen molar-refractivity contribution in [2.75, 3.05) is 33.3 Å². The van der Waals surface area contributed by atoms with Gasteiger partial charge in [0.25, 0.3) is 5.91 Å². The molecule has 2 N–H and O–H groups in total. The van der Waals surface area contributed by atoms with Gasteiger partial charge >= 0.3 is 12.1 Å². The van der Waals surface area contributed by atoms with E-state index in [9.17, 15) is 22.8 Å². The predicted octanol–water partition coefficient (Wildman–Crippen LogP) is 9.78. The lowest BCUT2D eigenvalue weighted by molar-refractivity contribution is -0.192. The first-order valence-corrected chi connectivity index (χ1v) is 21.8. The molecule has 4 aromatic carbocycles. The fraction of sp³-hybridized carbons (Fsp3) is 0.354. The summed E-state index contributed by atoms with van der Waals surface area (Å²) < 4.78 is 41.0. The molecule has 2 aliphatic heterocycles. The first-order valence-electron chi connectivity index (χ1n) is 20.9. The number of carbonyl (C=O) groups excluding carboxylic acids is 2. The number of carboxylic acid groups (broad SMARTS) is 1. The Labute approximate surface area is 364 Å². The first-order chi connectivity index (χ1) is 29.9. The van der Waals surface area contributed by atoms with Crippen LogP contribution in [0.2, 0.25) is 0 Å². The molecule has 14 heteroatoms. The zero-order chi connectivity index (χ0) is 43.9. The largest absolute Gasteiger partial charge is 0.497 e. The monoisotopic (exact) mass is 867 g/mol. The zero-order valence-electron chi connectivity index (χ0n) is 34.7. The second-order valence-corrected chi connectivity index (χ2v) is 16.3. The summed E-state index contributed by atoms with van der Waals surface area (Å²) in [5.74, 6) is -0.359. The van der Waals surface area contributed by atoms with Crippen molar-refractivity contribution in [2.45, 2.75) is 64.2 Å². The zero-order valence-corrected chi connectivity index (χ0v) is 35.5.